The van der Waals surface area contributed by atoms with Gasteiger partial charge in [-0.15, -0.1) is 0 Å². The number of aryl methyl sites for hydroxylation is 1. The van der Waals surface area contributed by atoms with Crippen LogP contribution in [0.3, 0.4) is 0 Å². The van der Waals surface area contributed by atoms with Gasteiger partial charge in [0.15, 0.2) is 0 Å². The molecule has 3 nitrogen and oxygen atoms in total. The topological polar surface area (TPSA) is 49.7 Å². The molecule has 1 aromatic rings. The summed E-state index contributed by atoms with van der Waals surface area (Å²) in [4.78, 5) is 0. The second kappa shape index (κ2) is 5.08. The molecule has 0 radical (unpaired) electrons. The lowest BCUT2D eigenvalue weighted by Gasteiger charge is -2.39. The fourth-order valence-corrected chi connectivity index (χ4v) is 3.42. The van der Waals surface area contributed by atoms with Gasteiger partial charge in [0.25, 0.3) is 0 Å². The molecule has 0 saturated heterocycles. The summed E-state index contributed by atoms with van der Waals surface area (Å²) in [6, 6.07) is 5.85. The second-order valence-electron chi connectivity index (χ2n) is 8.47. The van der Waals surface area contributed by atoms with E-state index >= 15 is 0 Å². The molecule has 1 fully saturated rings. The molecule has 0 aliphatic heterocycles. The molecule has 2 N–H and O–H groups in total. The molecule has 1 saturated carbocycles. The lowest BCUT2D eigenvalue weighted by atomic mass is 9.87. The Morgan fingerprint density at radius 2 is 1.68 bits per heavy atom. The van der Waals surface area contributed by atoms with Crippen molar-refractivity contribution < 1.29 is 14.6 Å². The first-order valence-corrected chi connectivity index (χ1v) is 11.0. The van der Waals surface area contributed by atoms with E-state index in [2.05, 4.69) is 33.9 Å². The first-order valence-electron chi connectivity index (χ1n) is 8.05. The van der Waals surface area contributed by atoms with E-state index in [1.54, 1.807) is 6.92 Å². The van der Waals surface area contributed by atoms with Crippen molar-refractivity contribution in [1.82, 2.24) is 0 Å². The van der Waals surface area contributed by atoms with Crippen LogP contribution in [0.4, 0.5) is 0 Å². The molecule has 0 amide bonds. The maximum Gasteiger partial charge on any atom is 0.250 e. The van der Waals surface area contributed by atoms with Crippen molar-refractivity contribution in [3.8, 4) is 5.75 Å². The highest BCUT2D eigenvalue weighted by atomic mass is 28.4. The summed E-state index contributed by atoms with van der Waals surface area (Å²) in [5.74, 6) is 0.719. The monoisotopic (exact) mass is 322 g/mol. The zero-order valence-electron chi connectivity index (χ0n) is 14.9. The summed E-state index contributed by atoms with van der Waals surface area (Å²) in [6.07, 6.45) is 1.26. The molecular formula is C18H30O3Si. The van der Waals surface area contributed by atoms with Gasteiger partial charge in [-0.05, 0) is 56.5 Å². The molecule has 124 valence electrons. The summed E-state index contributed by atoms with van der Waals surface area (Å²) in [5.41, 5.74) is -0.509. The molecule has 0 heterocycles. The van der Waals surface area contributed by atoms with Gasteiger partial charge in [-0.3, -0.25) is 0 Å². The first kappa shape index (κ1) is 17.5. The number of hydrogen-bond acceptors (Lipinski definition) is 3. The minimum absolute atomic E-state index is 0.0797. The summed E-state index contributed by atoms with van der Waals surface area (Å²) in [6.45, 7) is 14.7. The normalized spacial score (nSPS) is 20.4. The number of rotatable bonds is 4. The van der Waals surface area contributed by atoms with Gasteiger partial charge in [0.1, 0.15) is 11.4 Å². The number of aliphatic hydroxyl groups is 2. The molecule has 1 atom stereocenters. The highest BCUT2D eigenvalue weighted by Gasteiger charge is 2.57. The minimum atomic E-state index is -2.01. The van der Waals surface area contributed by atoms with Crippen molar-refractivity contribution in [3.63, 3.8) is 0 Å². The average molecular weight is 323 g/mol. The van der Waals surface area contributed by atoms with E-state index in [1.807, 2.05) is 25.1 Å². The van der Waals surface area contributed by atoms with Crippen LogP contribution in [0.1, 0.15) is 51.7 Å². The zero-order chi connectivity index (χ0) is 17.0. The van der Waals surface area contributed by atoms with Crippen LogP contribution < -0.4 is 4.43 Å². The Balaban J connectivity index is 2.46. The van der Waals surface area contributed by atoms with Gasteiger partial charge in [-0.25, -0.2) is 0 Å². The number of benzene rings is 1. The molecule has 22 heavy (non-hydrogen) atoms. The Kier molecular flexibility index (Phi) is 4.04. The van der Waals surface area contributed by atoms with Gasteiger partial charge >= 0.3 is 0 Å². The van der Waals surface area contributed by atoms with Crippen molar-refractivity contribution in [2.24, 2.45) is 0 Å². The van der Waals surface area contributed by atoms with Crippen molar-refractivity contribution in [2.45, 2.75) is 76.8 Å². The van der Waals surface area contributed by atoms with Gasteiger partial charge < -0.3 is 14.6 Å². The van der Waals surface area contributed by atoms with Crippen molar-refractivity contribution >= 4 is 8.32 Å². The largest absolute Gasteiger partial charge is 0.543 e. The van der Waals surface area contributed by atoms with E-state index in [1.165, 1.54) is 0 Å². The Labute approximate surface area is 135 Å². The molecule has 2 rings (SSSR count). The van der Waals surface area contributed by atoms with Crippen molar-refractivity contribution in [1.29, 1.82) is 0 Å². The Bertz CT molecular complexity index is 566. The van der Waals surface area contributed by atoms with Crippen LogP contribution in [-0.2, 0) is 5.60 Å². The van der Waals surface area contributed by atoms with E-state index in [0.29, 0.717) is 18.4 Å². The van der Waals surface area contributed by atoms with Crippen LogP contribution in [0, 0.1) is 6.92 Å². The number of hydrogen-bond donors (Lipinski definition) is 2. The fraction of sp³-hybridized carbons (Fsp3) is 0.667. The van der Waals surface area contributed by atoms with E-state index < -0.39 is 19.5 Å². The van der Waals surface area contributed by atoms with E-state index in [-0.39, 0.29) is 5.04 Å². The quantitative estimate of drug-likeness (QED) is 0.820. The second-order valence-corrected chi connectivity index (χ2v) is 13.2. The van der Waals surface area contributed by atoms with Crippen LogP contribution in [0.5, 0.6) is 5.75 Å². The highest BCUT2D eigenvalue weighted by Crippen LogP contribution is 2.52. The standard InChI is InChI=1S/C18H30O3Si/c1-13-8-9-14(17(5,19)18(20)10-11-18)15(12-13)21-22(6,7)16(2,3)4/h8-9,12,19-20H,10-11H2,1-7H3/t17-/m0/s1. The summed E-state index contributed by atoms with van der Waals surface area (Å²) in [5, 5.41) is 21.5. The lowest BCUT2D eigenvalue weighted by molar-refractivity contribution is -0.0858. The smallest absolute Gasteiger partial charge is 0.250 e. The maximum atomic E-state index is 10.9. The van der Waals surface area contributed by atoms with Gasteiger partial charge in [-0.1, -0.05) is 32.9 Å². The van der Waals surface area contributed by atoms with Gasteiger partial charge in [0.05, 0.1) is 5.60 Å². The molecule has 0 spiro atoms. The van der Waals surface area contributed by atoms with Crippen molar-refractivity contribution in [2.75, 3.05) is 0 Å². The summed E-state index contributed by atoms with van der Waals surface area (Å²) in [7, 11) is -2.01. The van der Waals surface area contributed by atoms with E-state index in [9.17, 15) is 10.2 Å². The third-order valence-electron chi connectivity index (χ3n) is 5.46. The van der Waals surface area contributed by atoms with Crippen LogP contribution in [0.15, 0.2) is 18.2 Å². The molecule has 1 aliphatic rings. The molecule has 1 aromatic carbocycles. The van der Waals surface area contributed by atoms with E-state index in [0.717, 1.165) is 11.3 Å². The van der Waals surface area contributed by atoms with Crippen molar-refractivity contribution in [3.05, 3.63) is 29.3 Å². The molecule has 0 unspecified atom stereocenters. The first-order chi connectivity index (χ1) is 9.80. The fourth-order valence-electron chi connectivity index (χ4n) is 2.40. The third kappa shape index (κ3) is 2.96. The van der Waals surface area contributed by atoms with E-state index in [4.69, 9.17) is 4.43 Å². The Hall–Kier alpha value is -0.843. The third-order valence-corrected chi connectivity index (χ3v) is 9.81. The average Bonchev–Trinajstić information content (AvgIpc) is 3.06. The maximum absolute atomic E-state index is 10.9. The predicted molar refractivity (Wildman–Crippen MR) is 92.8 cm³/mol. The Morgan fingerprint density at radius 1 is 1.14 bits per heavy atom. The lowest BCUT2D eigenvalue weighted by Crippen LogP contribution is -2.45. The molecule has 1 aliphatic carbocycles. The van der Waals surface area contributed by atoms with Crippen LogP contribution >= 0.6 is 0 Å². The molecule has 4 heteroatoms. The summed E-state index contributed by atoms with van der Waals surface area (Å²) < 4.78 is 6.46. The zero-order valence-corrected chi connectivity index (χ0v) is 15.9. The summed E-state index contributed by atoms with van der Waals surface area (Å²) >= 11 is 0. The van der Waals surface area contributed by atoms with Crippen LogP contribution in [-0.4, -0.2) is 24.1 Å². The SMILES string of the molecule is Cc1ccc([C@](C)(O)C2(O)CC2)c(O[Si](C)(C)C(C)(C)C)c1. The minimum Gasteiger partial charge on any atom is -0.543 e. The molecule has 0 bridgehead atoms. The highest BCUT2D eigenvalue weighted by molar-refractivity contribution is 6.74. The van der Waals surface area contributed by atoms with Gasteiger partial charge in [0.2, 0.25) is 8.32 Å². The Morgan fingerprint density at radius 3 is 2.14 bits per heavy atom. The van der Waals surface area contributed by atoms with Gasteiger partial charge in [-0.2, -0.15) is 0 Å². The van der Waals surface area contributed by atoms with Crippen LogP contribution in [0.2, 0.25) is 18.1 Å². The predicted octanol–water partition coefficient (Wildman–Crippen LogP) is 4.11. The molecule has 0 aromatic heterocycles. The molecular weight excluding hydrogens is 292 g/mol. The van der Waals surface area contributed by atoms with Crippen LogP contribution in [0.25, 0.3) is 0 Å². The van der Waals surface area contributed by atoms with Gasteiger partial charge in [0, 0.05) is 5.56 Å².